The number of hydrogen-bond donors (Lipinski definition) is 2. The van der Waals surface area contributed by atoms with Crippen molar-refractivity contribution in [3.8, 4) is 0 Å². The number of urea groups is 1. The summed E-state index contributed by atoms with van der Waals surface area (Å²) < 4.78 is 1.03. The number of carbonyl (C=O) groups excluding carboxylic acids is 1. The predicted molar refractivity (Wildman–Crippen MR) is 87.4 cm³/mol. The van der Waals surface area contributed by atoms with Crippen molar-refractivity contribution in [2.45, 2.75) is 20.8 Å². The summed E-state index contributed by atoms with van der Waals surface area (Å²) in [7, 11) is 0. The van der Waals surface area contributed by atoms with E-state index in [-0.39, 0.29) is 6.03 Å². The van der Waals surface area contributed by atoms with Gasteiger partial charge in [-0.3, -0.25) is 0 Å². The minimum atomic E-state index is -0.237. The van der Waals surface area contributed by atoms with E-state index in [0.29, 0.717) is 0 Å². The first kappa shape index (κ1) is 14.6. The molecular formula is C16H17BrN2O. The average molecular weight is 333 g/mol. The van der Waals surface area contributed by atoms with E-state index >= 15 is 0 Å². The largest absolute Gasteiger partial charge is 0.323 e. The molecule has 2 amide bonds. The molecule has 0 fully saturated rings. The van der Waals surface area contributed by atoms with Gasteiger partial charge in [0.05, 0.1) is 0 Å². The Bertz CT molecular complexity index is 653. The van der Waals surface area contributed by atoms with Crippen molar-refractivity contribution in [1.82, 2.24) is 0 Å². The van der Waals surface area contributed by atoms with Gasteiger partial charge in [-0.05, 0) is 56.2 Å². The number of carbonyl (C=O) groups is 1. The molecule has 104 valence electrons. The number of anilines is 2. The van der Waals surface area contributed by atoms with Gasteiger partial charge in [0.15, 0.2) is 0 Å². The Kier molecular flexibility index (Phi) is 4.45. The molecule has 20 heavy (non-hydrogen) atoms. The second-order valence-electron chi connectivity index (χ2n) is 4.86. The van der Waals surface area contributed by atoms with Gasteiger partial charge >= 0.3 is 6.03 Å². The zero-order chi connectivity index (χ0) is 14.7. The van der Waals surface area contributed by atoms with Crippen LogP contribution >= 0.6 is 15.9 Å². The molecule has 0 aliphatic heterocycles. The van der Waals surface area contributed by atoms with Crippen LogP contribution in [-0.2, 0) is 0 Å². The molecule has 0 aliphatic carbocycles. The number of halogens is 1. The number of amides is 2. The van der Waals surface area contributed by atoms with Crippen molar-refractivity contribution < 1.29 is 4.79 Å². The number of benzene rings is 2. The van der Waals surface area contributed by atoms with E-state index in [0.717, 1.165) is 27.0 Å². The highest BCUT2D eigenvalue weighted by Gasteiger charge is 2.06. The van der Waals surface area contributed by atoms with Gasteiger partial charge in [-0.2, -0.15) is 0 Å². The Morgan fingerprint density at radius 2 is 1.70 bits per heavy atom. The highest BCUT2D eigenvalue weighted by atomic mass is 79.9. The highest BCUT2D eigenvalue weighted by molar-refractivity contribution is 9.10. The van der Waals surface area contributed by atoms with Gasteiger partial charge in [-0.25, -0.2) is 4.79 Å². The lowest BCUT2D eigenvalue weighted by Gasteiger charge is -2.11. The average Bonchev–Trinajstić information content (AvgIpc) is 2.37. The lowest BCUT2D eigenvalue weighted by Crippen LogP contribution is -2.20. The van der Waals surface area contributed by atoms with Crippen LogP contribution in [0.3, 0.4) is 0 Å². The van der Waals surface area contributed by atoms with Crippen LogP contribution in [0.25, 0.3) is 0 Å². The molecule has 2 aromatic rings. The fourth-order valence-corrected chi connectivity index (χ4v) is 2.21. The minimum Gasteiger partial charge on any atom is -0.308 e. The molecule has 3 nitrogen and oxygen atoms in total. The summed E-state index contributed by atoms with van der Waals surface area (Å²) in [5.41, 5.74) is 4.90. The maximum Gasteiger partial charge on any atom is 0.323 e. The fourth-order valence-electron chi connectivity index (χ4n) is 1.96. The molecule has 4 heteroatoms. The molecule has 2 rings (SSSR count). The number of rotatable bonds is 2. The van der Waals surface area contributed by atoms with Crippen molar-refractivity contribution in [1.29, 1.82) is 0 Å². The molecular weight excluding hydrogens is 316 g/mol. The highest BCUT2D eigenvalue weighted by Crippen LogP contribution is 2.21. The Morgan fingerprint density at radius 1 is 0.950 bits per heavy atom. The van der Waals surface area contributed by atoms with Crippen LogP contribution in [0.1, 0.15) is 16.7 Å². The molecule has 0 atom stereocenters. The summed E-state index contributed by atoms with van der Waals surface area (Å²) in [6.07, 6.45) is 0. The van der Waals surface area contributed by atoms with E-state index < -0.39 is 0 Å². The van der Waals surface area contributed by atoms with Gasteiger partial charge in [-0.15, -0.1) is 0 Å². The Balaban J connectivity index is 2.07. The predicted octanol–water partition coefficient (Wildman–Crippen LogP) is 5.02. The molecule has 0 heterocycles. The summed E-state index contributed by atoms with van der Waals surface area (Å²) in [4.78, 5) is 12.0. The van der Waals surface area contributed by atoms with Gasteiger partial charge < -0.3 is 10.6 Å². The van der Waals surface area contributed by atoms with Crippen molar-refractivity contribution in [3.63, 3.8) is 0 Å². The summed E-state index contributed by atoms with van der Waals surface area (Å²) in [6.45, 7) is 5.99. The molecule has 0 aliphatic rings. The van der Waals surface area contributed by atoms with Gasteiger partial charge in [0.2, 0.25) is 0 Å². The monoisotopic (exact) mass is 332 g/mol. The van der Waals surface area contributed by atoms with E-state index in [9.17, 15) is 4.79 Å². The van der Waals surface area contributed by atoms with Crippen LogP contribution < -0.4 is 10.6 Å². The summed E-state index contributed by atoms with van der Waals surface area (Å²) in [5.74, 6) is 0. The fraction of sp³-hybridized carbons (Fsp3) is 0.188. The standard InChI is InChI=1S/C16H17BrN2O/c1-10-4-7-15(12(3)8-10)19-16(20)18-13-5-6-14(17)11(2)9-13/h4-9H,1-3H3,(H2,18,19,20). The second-order valence-corrected chi connectivity index (χ2v) is 5.72. The van der Waals surface area contributed by atoms with Crippen molar-refractivity contribution in [2.24, 2.45) is 0 Å². The first-order valence-corrected chi connectivity index (χ1v) is 7.16. The zero-order valence-corrected chi connectivity index (χ0v) is 13.3. The van der Waals surface area contributed by atoms with Crippen LogP contribution in [0.2, 0.25) is 0 Å². The van der Waals surface area contributed by atoms with Gasteiger partial charge in [0.1, 0.15) is 0 Å². The normalized spacial score (nSPS) is 10.2. The first-order chi connectivity index (χ1) is 9.45. The number of nitrogens with one attached hydrogen (secondary N) is 2. The Labute approximate surface area is 127 Å². The van der Waals surface area contributed by atoms with Crippen LogP contribution in [0.15, 0.2) is 40.9 Å². The van der Waals surface area contributed by atoms with E-state index in [1.54, 1.807) is 0 Å². The molecule has 2 aromatic carbocycles. The van der Waals surface area contributed by atoms with Crippen LogP contribution in [0, 0.1) is 20.8 Å². The van der Waals surface area contributed by atoms with Gasteiger partial charge in [0.25, 0.3) is 0 Å². The zero-order valence-electron chi connectivity index (χ0n) is 11.8. The van der Waals surface area contributed by atoms with E-state index in [2.05, 4.69) is 26.6 Å². The molecule has 0 saturated carbocycles. The van der Waals surface area contributed by atoms with Crippen LogP contribution in [0.5, 0.6) is 0 Å². The Hall–Kier alpha value is -1.81. The molecule has 0 unspecified atom stereocenters. The van der Waals surface area contributed by atoms with Gasteiger partial charge in [0, 0.05) is 15.8 Å². The topological polar surface area (TPSA) is 41.1 Å². The first-order valence-electron chi connectivity index (χ1n) is 6.37. The lowest BCUT2D eigenvalue weighted by atomic mass is 10.1. The molecule has 0 radical (unpaired) electrons. The third-order valence-electron chi connectivity index (χ3n) is 3.05. The van der Waals surface area contributed by atoms with Crippen molar-refractivity contribution in [2.75, 3.05) is 10.6 Å². The van der Waals surface area contributed by atoms with E-state index in [1.165, 1.54) is 5.56 Å². The molecule has 2 N–H and O–H groups in total. The van der Waals surface area contributed by atoms with E-state index in [4.69, 9.17) is 0 Å². The molecule has 0 spiro atoms. The molecule has 0 saturated heterocycles. The van der Waals surface area contributed by atoms with Crippen molar-refractivity contribution >= 4 is 33.3 Å². The Morgan fingerprint density at radius 3 is 2.35 bits per heavy atom. The van der Waals surface area contributed by atoms with Gasteiger partial charge in [-0.1, -0.05) is 33.6 Å². The molecule has 0 aromatic heterocycles. The third kappa shape index (κ3) is 3.61. The van der Waals surface area contributed by atoms with Crippen molar-refractivity contribution in [3.05, 3.63) is 57.6 Å². The SMILES string of the molecule is Cc1ccc(NC(=O)Nc2ccc(Br)c(C)c2)c(C)c1. The summed E-state index contributed by atoms with van der Waals surface area (Å²) >= 11 is 3.44. The quantitative estimate of drug-likeness (QED) is 0.796. The summed E-state index contributed by atoms with van der Waals surface area (Å²) in [6, 6.07) is 11.4. The minimum absolute atomic E-state index is 0.237. The van der Waals surface area contributed by atoms with E-state index in [1.807, 2.05) is 57.2 Å². The molecule has 0 bridgehead atoms. The van der Waals surface area contributed by atoms with Crippen LogP contribution in [0.4, 0.5) is 16.2 Å². The lowest BCUT2D eigenvalue weighted by molar-refractivity contribution is 0.262. The maximum atomic E-state index is 12.0. The number of hydrogen-bond acceptors (Lipinski definition) is 1. The summed E-state index contributed by atoms with van der Waals surface area (Å²) in [5, 5.41) is 5.69. The third-order valence-corrected chi connectivity index (χ3v) is 3.94. The smallest absolute Gasteiger partial charge is 0.308 e. The maximum absolute atomic E-state index is 12.0. The van der Waals surface area contributed by atoms with Crippen LogP contribution in [-0.4, -0.2) is 6.03 Å². The number of aryl methyl sites for hydroxylation is 3. The second kappa shape index (κ2) is 6.09.